The molecule has 4 heteroatoms. The minimum Gasteiger partial charge on any atom is -0.312 e. The largest absolute Gasteiger partial charge is 0.433 e. The Bertz CT molecular complexity index is 193. The molecule has 0 unspecified atom stereocenters. The summed E-state index contributed by atoms with van der Waals surface area (Å²) in [6, 6.07) is 0.932. The third-order valence-electron chi connectivity index (χ3n) is 2.69. The zero-order valence-electron chi connectivity index (χ0n) is 8.99. The molecule has 0 bridgehead atoms. The van der Waals surface area contributed by atoms with Crippen molar-refractivity contribution in [2.45, 2.75) is 39.8 Å². The fourth-order valence-corrected chi connectivity index (χ4v) is 1.90. The molecule has 1 aliphatic heterocycles. The van der Waals surface area contributed by atoms with Gasteiger partial charge in [-0.15, -0.1) is 0 Å². The molecule has 13 heavy (non-hydrogen) atoms. The first-order valence-electron chi connectivity index (χ1n) is 4.99. The van der Waals surface area contributed by atoms with E-state index >= 15 is 0 Å². The maximum atomic E-state index is 9.07. The van der Waals surface area contributed by atoms with Crippen LogP contribution >= 0.6 is 0 Å². The minimum atomic E-state index is -0.0139. The zero-order chi connectivity index (χ0) is 10.0. The number of nitriles is 1. The molecular formula is C9H18BN3. The molecule has 0 saturated carbocycles. The quantitative estimate of drug-likeness (QED) is 0.591. The van der Waals surface area contributed by atoms with Gasteiger partial charge in [-0.2, -0.15) is 0 Å². The predicted molar refractivity (Wildman–Crippen MR) is 55.1 cm³/mol. The average molecular weight is 179 g/mol. The van der Waals surface area contributed by atoms with Crippen molar-refractivity contribution in [3.8, 4) is 5.97 Å². The number of nitrogens with zero attached hydrogens (tertiary/aromatic N) is 3. The predicted octanol–water partition coefficient (Wildman–Crippen LogP) is 0.972. The maximum Gasteiger partial charge on any atom is 0.433 e. The van der Waals surface area contributed by atoms with Crippen LogP contribution in [0.4, 0.5) is 0 Å². The van der Waals surface area contributed by atoms with E-state index in [0.29, 0.717) is 12.1 Å². The van der Waals surface area contributed by atoms with Gasteiger partial charge in [0.1, 0.15) is 0 Å². The zero-order valence-corrected chi connectivity index (χ0v) is 8.99. The van der Waals surface area contributed by atoms with Gasteiger partial charge in [-0.1, -0.05) is 27.7 Å². The summed E-state index contributed by atoms with van der Waals surface area (Å²) >= 11 is 0. The summed E-state index contributed by atoms with van der Waals surface area (Å²) in [5.41, 5.74) is 0. The second kappa shape index (κ2) is 4.12. The van der Waals surface area contributed by atoms with Gasteiger partial charge in [-0.05, 0) is 12.1 Å². The first-order chi connectivity index (χ1) is 6.07. The minimum absolute atomic E-state index is 0.0139. The second-order valence-corrected chi connectivity index (χ2v) is 4.17. The van der Waals surface area contributed by atoms with Gasteiger partial charge < -0.3 is 9.62 Å². The van der Waals surface area contributed by atoms with Crippen LogP contribution in [0.5, 0.6) is 0 Å². The molecule has 1 saturated heterocycles. The molecule has 0 amide bonds. The SMILES string of the molecule is CC(C)N1CCN(C(C)C)B1C#N. The van der Waals surface area contributed by atoms with Gasteiger partial charge in [-0.25, -0.2) is 5.26 Å². The van der Waals surface area contributed by atoms with E-state index in [1.165, 1.54) is 0 Å². The van der Waals surface area contributed by atoms with Crippen LogP contribution in [0.15, 0.2) is 0 Å². The van der Waals surface area contributed by atoms with Crippen LogP contribution in [0.2, 0.25) is 0 Å². The molecule has 0 radical (unpaired) electrons. The van der Waals surface area contributed by atoms with Gasteiger partial charge >= 0.3 is 6.98 Å². The highest BCUT2D eigenvalue weighted by Crippen LogP contribution is 2.15. The Labute approximate surface area is 81.4 Å². The van der Waals surface area contributed by atoms with Gasteiger partial charge in [0, 0.05) is 19.1 Å². The lowest BCUT2D eigenvalue weighted by atomic mass is 9.74. The van der Waals surface area contributed by atoms with E-state index < -0.39 is 0 Å². The Kier molecular flexibility index (Phi) is 3.35. The topological polar surface area (TPSA) is 30.3 Å². The number of hydrogen-bond donors (Lipinski definition) is 0. The second-order valence-electron chi connectivity index (χ2n) is 4.17. The molecular weight excluding hydrogens is 161 g/mol. The van der Waals surface area contributed by atoms with Gasteiger partial charge in [-0.3, -0.25) is 0 Å². The highest BCUT2D eigenvalue weighted by atomic mass is 15.3. The normalized spacial score (nSPS) is 20.2. The standard InChI is InChI=1S/C9H18BN3/c1-8(2)12-5-6-13(9(3)4)10(12)7-11/h8-9H,5-6H2,1-4H3. The Morgan fingerprint density at radius 3 is 1.69 bits per heavy atom. The lowest BCUT2D eigenvalue weighted by molar-refractivity contribution is 0.390. The summed E-state index contributed by atoms with van der Waals surface area (Å²) in [7, 11) is 0. The number of hydrogen-bond acceptors (Lipinski definition) is 3. The fourth-order valence-electron chi connectivity index (χ4n) is 1.90. The van der Waals surface area contributed by atoms with Gasteiger partial charge in [0.25, 0.3) is 0 Å². The van der Waals surface area contributed by atoms with Crippen molar-refractivity contribution in [3.63, 3.8) is 0 Å². The highest BCUT2D eigenvalue weighted by Gasteiger charge is 2.39. The van der Waals surface area contributed by atoms with Crippen LogP contribution < -0.4 is 0 Å². The van der Waals surface area contributed by atoms with Crippen molar-refractivity contribution in [2.24, 2.45) is 0 Å². The number of rotatable bonds is 2. The summed E-state index contributed by atoms with van der Waals surface area (Å²) in [5.74, 6) is 2.38. The van der Waals surface area contributed by atoms with Crippen LogP contribution in [0.25, 0.3) is 0 Å². The van der Waals surface area contributed by atoms with E-state index in [2.05, 4.69) is 43.3 Å². The summed E-state index contributed by atoms with van der Waals surface area (Å²) in [6.45, 7) is 10.6. The van der Waals surface area contributed by atoms with Crippen molar-refractivity contribution in [1.29, 1.82) is 5.26 Å². The van der Waals surface area contributed by atoms with Crippen LogP contribution in [0.1, 0.15) is 27.7 Å². The first kappa shape index (κ1) is 10.6. The van der Waals surface area contributed by atoms with Gasteiger partial charge in [0.2, 0.25) is 0 Å². The molecule has 1 aliphatic rings. The molecule has 0 aromatic carbocycles. The van der Waals surface area contributed by atoms with Crippen LogP contribution in [0, 0.1) is 11.2 Å². The highest BCUT2D eigenvalue weighted by molar-refractivity contribution is 6.62. The van der Waals surface area contributed by atoms with Crippen LogP contribution in [0.3, 0.4) is 0 Å². The lowest BCUT2D eigenvalue weighted by Gasteiger charge is -2.26. The lowest BCUT2D eigenvalue weighted by Crippen LogP contribution is -2.48. The molecule has 0 aromatic heterocycles. The van der Waals surface area contributed by atoms with Crippen molar-refractivity contribution in [3.05, 3.63) is 0 Å². The molecule has 1 rings (SSSR count). The van der Waals surface area contributed by atoms with E-state index in [9.17, 15) is 0 Å². The molecule has 0 N–H and O–H groups in total. The van der Waals surface area contributed by atoms with Gasteiger partial charge in [0.15, 0.2) is 0 Å². The molecule has 0 atom stereocenters. The molecule has 0 aromatic rings. The van der Waals surface area contributed by atoms with Crippen LogP contribution in [-0.4, -0.2) is 41.8 Å². The first-order valence-corrected chi connectivity index (χ1v) is 4.99. The third-order valence-corrected chi connectivity index (χ3v) is 2.69. The van der Waals surface area contributed by atoms with Crippen molar-refractivity contribution >= 4 is 6.98 Å². The summed E-state index contributed by atoms with van der Waals surface area (Å²) in [5, 5.41) is 9.07. The molecule has 3 nitrogen and oxygen atoms in total. The molecule has 1 heterocycles. The van der Waals surface area contributed by atoms with E-state index in [1.54, 1.807) is 0 Å². The Balaban J connectivity index is 2.70. The Morgan fingerprint density at radius 2 is 1.46 bits per heavy atom. The van der Waals surface area contributed by atoms with Gasteiger partial charge in [0.05, 0.1) is 0 Å². The molecule has 0 spiro atoms. The maximum absolute atomic E-state index is 9.07. The average Bonchev–Trinajstić information content (AvgIpc) is 2.46. The molecule has 1 fully saturated rings. The van der Waals surface area contributed by atoms with E-state index in [4.69, 9.17) is 5.26 Å². The summed E-state index contributed by atoms with van der Waals surface area (Å²) < 4.78 is 0. The van der Waals surface area contributed by atoms with E-state index in [1.807, 2.05) is 0 Å². The van der Waals surface area contributed by atoms with Crippen molar-refractivity contribution in [1.82, 2.24) is 9.62 Å². The fraction of sp³-hybridized carbons (Fsp3) is 0.889. The van der Waals surface area contributed by atoms with E-state index in [-0.39, 0.29) is 6.98 Å². The molecule has 72 valence electrons. The monoisotopic (exact) mass is 179 g/mol. The smallest absolute Gasteiger partial charge is 0.312 e. The van der Waals surface area contributed by atoms with Crippen LogP contribution in [-0.2, 0) is 0 Å². The van der Waals surface area contributed by atoms with E-state index in [0.717, 1.165) is 13.1 Å². The summed E-state index contributed by atoms with van der Waals surface area (Å²) in [4.78, 5) is 4.50. The van der Waals surface area contributed by atoms with Crippen molar-refractivity contribution < 1.29 is 0 Å². The Morgan fingerprint density at radius 1 is 1.08 bits per heavy atom. The Hall–Kier alpha value is -0.525. The summed E-state index contributed by atoms with van der Waals surface area (Å²) in [6.07, 6.45) is 0. The third kappa shape index (κ3) is 2.04. The van der Waals surface area contributed by atoms with Crippen molar-refractivity contribution in [2.75, 3.05) is 13.1 Å². The molecule has 0 aliphatic carbocycles.